The van der Waals surface area contributed by atoms with E-state index in [0.717, 1.165) is 18.1 Å². The Labute approximate surface area is 97.5 Å². The number of rotatable bonds is 3. The van der Waals surface area contributed by atoms with Crippen LogP contribution in [0.2, 0.25) is 0 Å². The molecule has 2 N–H and O–H groups in total. The van der Waals surface area contributed by atoms with Gasteiger partial charge in [0.05, 0.1) is 0 Å². The van der Waals surface area contributed by atoms with Gasteiger partial charge in [0.15, 0.2) is 5.82 Å². The van der Waals surface area contributed by atoms with E-state index >= 15 is 0 Å². The molecule has 1 aromatic rings. The predicted octanol–water partition coefficient (Wildman–Crippen LogP) is 0.412. The van der Waals surface area contributed by atoms with Crippen LogP contribution in [0.4, 0.5) is 6.01 Å². The predicted molar refractivity (Wildman–Crippen MR) is 61.4 cm³/mol. The van der Waals surface area contributed by atoms with Gasteiger partial charge < -0.3 is 9.84 Å². The average molecular weight is 242 g/mol. The largest absolute Gasteiger partial charge is 0.328 e. The van der Waals surface area contributed by atoms with Crippen molar-refractivity contribution in [3.63, 3.8) is 0 Å². The van der Waals surface area contributed by atoms with Gasteiger partial charge in [-0.2, -0.15) is 16.7 Å². The van der Waals surface area contributed by atoms with Crippen molar-refractivity contribution >= 4 is 23.7 Å². The number of amides is 1. The molecule has 1 aromatic heterocycles. The number of hydrogen-bond acceptors (Lipinski definition) is 6. The van der Waals surface area contributed by atoms with E-state index < -0.39 is 0 Å². The van der Waals surface area contributed by atoms with Crippen LogP contribution in [-0.2, 0) is 4.79 Å². The summed E-state index contributed by atoms with van der Waals surface area (Å²) in [6.45, 7) is 2.67. The molecule has 0 bridgehead atoms. The lowest BCUT2D eigenvalue weighted by Crippen LogP contribution is -2.39. The van der Waals surface area contributed by atoms with Crippen LogP contribution in [0.15, 0.2) is 4.52 Å². The monoisotopic (exact) mass is 242 g/mol. The number of hydrogen-bond donors (Lipinski definition) is 2. The zero-order valence-corrected chi connectivity index (χ0v) is 9.84. The molecule has 0 radical (unpaired) electrons. The van der Waals surface area contributed by atoms with Gasteiger partial charge in [-0.25, -0.2) is 0 Å². The summed E-state index contributed by atoms with van der Waals surface area (Å²) in [6.07, 6.45) is 0.439. The van der Waals surface area contributed by atoms with Gasteiger partial charge in [-0.3, -0.25) is 10.1 Å². The first-order valence-corrected chi connectivity index (χ1v) is 6.31. The molecule has 1 atom stereocenters. The highest BCUT2D eigenvalue weighted by molar-refractivity contribution is 7.99. The van der Waals surface area contributed by atoms with Gasteiger partial charge in [-0.1, -0.05) is 5.16 Å². The van der Waals surface area contributed by atoms with Crippen LogP contribution in [0, 0.1) is 6.92 Å². The second-order valence-electron chi connectivity index (χ2n) is 3.63. The fraction of sp³-hybridized carbons (Fsp3) is 0.667. The normalized spacial score (nSPS) is 20.7. The van der Waals surface area contributed by atoms with Crippen molar-refractivity contribution in [2.75, 3.05) is 23.4 Å². The third kappa shape index (κ3) is 3.21. The molecule has 1 saturated heterocycles. The van der Waals surface area contributed by atoms with Gasteiger partial charge in [-0.15, -0.1) is 0 Å². The summed E-state index contributed by atoms with van der Waals surface area (Å²) in [4.78, 5) is 15.5. The molecular formula is C9H14N4O2S. The third-order valence-corrected chi connectivity index (χ3v) is 3.34. The highest BCUT2D eigenvalue weighted by atomic mass is 32.2. The van der Waals surface area contributed by atoms with Gasteiger partial charge in [0, 0.05) is 30.5 Å². The fourth-order valence-electron chi connectivity index (χ4n) is 1.49. The lowest BCUT2D eigenvalue weighted by atomic mass is 10.2. The minimum Gasteiger partial charge on any atom is -0.315 e. The van der Waals surface area contributed by atoms with E-state index in [1.54, 1.807) is 6.92 Å². The summed E-state index contributed by atoms with van der Waals surface area (Å²) < 4.78 is 4.81. The number of aromatic nitrogens is 2. The van der Waals surface area contributed by atoms with E-state index in [0.29, 0.717) is 12.2 Å². The van der Waals surface area contributed by atoms with E-state index in [1.165, 1.54) is 0 Å². The first-order chi connectivity index (χ1) is 7.74. The van der Waals surface area contributed by atoms with Crippen molar-refractivity contribution in [2.45, 2.75) is 19.4 Å². The summed E-state index contributed by atoms with van der Waals surface area (Å²) >= 11 is 1.86. The van der Waals surface area contributed by atoms with E-state index in [4.69, 9.17) is 4.52 Å². The number of nitrogens with zero attached hydrogens (tertiary/aromatic N) is 2. The Balaban J connectivity index is 1.79. The minimum absolute atomic E-state index is 0.0938. The first-order valence-electron chi connectivity index (χ1n) is 5.15. The summed E-state index contributed by atoms with van der Waals surface area (Å²) in [5.74, 6) is 2.50. The minimum atomic E-state index is -0.0938. The Kier molecular flexibility index (Phi) is 3.79. The molecule has 0 aliphatic carbocycles. The standard InChI is InChI=1S/C9H14N4O2S/c1-6-11-9(15-13-6)12-8(14)4-7-5-16-3-2-10-7/h7,10H,2-5H2,1H3,(H,11,12,13,14). The fourth-order valence-corrected chi connectivity index (χ4v) is 2.44. The van der Waals surface area contributed by atoms with Gasteiger partial charge in [0.25, 0.3) is 0 Å². The van der Waals surface area contributed by atoms with E-state index in [9.17, 15) is 4.79 Å². The highest BCUT2D eigenvalue weighted by Gasteiger charge is 2.17. The molecule has 0 spiro atoms. The summed E-state index contributed by atoms with van der Waals surface area (Å²) in [5, 5.41) is 9.47. The molecule has 7 heteroatoms. The number of carbonyl (C=O) groups excluding carboxylic acids is 1. The third-order valence-electron chi connectivity index (χ3n) is 2.20. The molecule has 16 heavy (non-hydrogen) atoms. The van der Waals surface area contributed by atoms with Crippen molar-refractivity contribution in [3.8, 4) is 0 Å². The smallest absolute Gasteiger partial charge is 0.315 e. The van der Waals surface area contributed by atoms with Crippen molar-refractivity contribution in [1.29, 1.82) is 0 Å². The molecule has 0 saturated carbocycles. The molecule has 6 nitrogen and oxygen atoms in total. The van der Waals surface area contributed by atoms with E-state index in [1.807, 2.05) is 11.8 Å². The quantitative estimate of drug-likeness (QED) is 0.799. The van der Waals surface area contributed by atoms with E-state index in [-0.39, 0.29) is 18.0 Å². The Morgan fingerprint density at radius 2 is 2.62 bits per heavy atom. The zero-order valence-electron chi connectivity index (χ0n) is 9.02. The number of carbonyl (C=O) groups is 1. The molecule has 1 fully saturated rings. The molecule has 2 heterocycles. The summed E-state index contributed by atoms with van der Waals surface area (Å²) in [6, 6.07) is 0.411. The lowest BCUT2D eigenvalue weighted by Gasteiger charge is -2.22. The maximum atomic E-state index is 11.6. The summed E-state index contributed by atoms with van der Waals surface area (Å²) in [7, 11) is 0. The van der Waals surface area contributed by atoms with Crippen LogP contribution >= 0.6 is 11.8 Å². The molecule has 1 unspecified atom stereocenters. The number of aryl methyl sites for hydroxylation is 1. The molecule has 1 aliphatic rings. The molecule has 1 aliphatic heterocycles. The second-order valence-corrected chi connectivity index (χ2v) is 4.77. The number of anilines is 1. The zero-order chi connectivity index (χ0) is 11.4. The van der Waals surface area contributed by atoms with Gasteiger partial charge >= 0.3 is 6.01 Å². The lowest BCUT2D eigenvalue weighted by molar-refractivity contribution is -0.116. The average Bonchev–Trinajstić information content (AvgIpc) is 2.65. The van der Waals surface area contributed by atoms with Gasteiger partial charge in [0.2, 0.25) is 5.91 Å². The Morgan fingerprint density at radius 1 is 1.75 bits per heavy atom. The van der Waals surface area contributed by atoms with Crippen molar-refractivity contribution < 1.29 is 9.32 Å². The molecular weight excluding hydrogens is 228 g/mol. The van der Waals surface area contributed by atoms with Crippen LogP contribution in [0.5, 0.6) is 0 Å². The second kappa shape index (κ2) is 5.31. The molecule has 88 valence electrons. The van der Waals surface area contributed by atoms with Crippen molar-refractivity contribution in [3.05, 3.63) is 5.82 Å². The Bertz CT molecular complexity index is 362. The first kappa shape index (κ1) is 11.4. The van der Waals surface area contributed by atoms with Crippen LogP contribution < -0.4 is 10.6 Å². The van der Waals surface area contributed by atoms with Crippen LogP contribution in [0.1, 0.15) is 12.2 Å². The maximum Gasteiger partial charge on any atom is 0.328 e. The maximum absolute atomic E-state index is 11.6. The van der Waals surface area contributed by atoms with Crippen LogP contribution in [0.25, 0.3) is 0 Å². The number of thioether (sulfide) groups is 1. The van der Waals surface area contributed by atoms with Gasteiger partial charge in [0.1, 0.15) is 0 Å². The summed E-state index contributed by atoms with van der Waals surface area (Å²) in [5.41, 5.74) is 0. The Morgan fingerprint density at radius 3 is 3.25 bits per heavy atom. The number of nitrogens with one attached hydrogen (secondary N) is 2. The van der Waals surface area contributed by atoms with Crippen molar-refractivity contribution in [2.24, 2.45) is 0 Å². The molecule has 1 amide bonds. The van der Waals surface area contributed by atoms with Crippen LogP contribution in [-0.4, -0.2) is 40.1 Å². The topological polar surface area (TPSA) is 80.0 Å². The van der Waals surface area contributed by atoms with Crippen LogP contribution in [0.3, 0.4) is 0 Å². The molecule has 0 aromatic carbocycles. The molecule has 2 rings (SSSR count). The Hall–Kier alpha value is -1.08. The SMILES string of the molecule is Cc1noc(NC(=O)CC2CSCCN2)n1. The van der Waals surface area contributed by atoms with E-state index in [2.05, 4.69) is 20.8 Å². The highest BCUT2D eigenvalue weighted by Crippen LogP contribution is 2.11. The van der Waals surface area contributed by atoms with Gasteiger partial charge in [-0.05, 0) is 6.92 Å². The van der Waals surface area contributed by atoms with Crippen molar-refractivity contribution in [1.82, 2.24) is 15.5 Å².